The Labute approximate surface area is 124 Å². The summed E-state index contributed by atoms with van der Waals surface area (Å²) in [5.41, 5.74) is 0.285. The number of carbonyl (C=O) groups excluding carboxylic acids is 2. The van der Waals surface area contributed by atoms with E-state index >= 15 is 0 Å². The number of carboxylic acids is 2. The quantitative estimate of drug-likeness (QED) is 0.494. The Morgan fingerprint density at radius 2 is 1.50 bits per heavy atom. The van der Waals surface area contributed by atoms with Crippen LogP contribution < -0.4 is 10.2 Å². The Morgan fingerprint density at radius 3 is 1.69 bits per heavy atom. The van der Waals surface area contributed by atoms with E-state index in [9.17, 15) is 19.8 Å². The first-order valence-electron chi connectivity index (χ1n) is 4.08. The molecule has 0 radical (unpaired) electrons. The summed E-state index contributed by atoms with van der Waals surface area (Å²) in [6, 6.07) is 8.06. The number of carboxylic acid groups (broad SMARTS) is 2. The van der Waals surface area contributed by atoms with Crippen LogP contribution in [0.3, 0.4) is 0 Å². The fraction of sp³-hybridized carbons (Fsp3) is 0.0909. The average Bonchev–Trinajstić information content (AvgIpc) is 2.20. The molecule has 0 amide bonds. The minimum absolute atomic E-state index is 0. The van der Waals surface area contributed by atoms with Crippen LogP contribution in [0.15, 0.2) is 42.5 Å². The van der Waals surface area contributed by atoms with Crippen molar-refractivity contribution in [2.75, 3.05) is 0 Å². The van der Waals surface area contributed by atoms with Gasteiger partial charge in [-0.3, -0.25) is 0 Å². The number of rotatable bonds is 2. The molecule has 1 aromatic carbocycles. The van der Waals surface area contributed by atoms with Crippen molar-refractivity contribution in [1.29, 1.82) is 0 Å². The molecule has 0 unspecified atom stereocenters. The van der Waals surface area contributed by atoms with E-state index in [1.54, 1.807) is 18.2 Å². The van der Waals surface area contributed by atoms with Crippen LogP contribution in [0.4, 0.5) is 0 Å². The Balaban J connectivity index is 0. The minimum atomic E-state index is -1.19. The molecule has 0 N–H and O–H groups in total. The summed E-state index contributed by atoms with van der Waals surface area (Å²) in [6.07, 6.45) is 0. The first kappa shape index (κ1) is 17.6. The van der Waals surface area contributed by atoms with Crippen molar-refractivity contribution < 1.29 is 19.8 Å². The molecule has 0 heterocycles. The van der Waals surface area contributed by atoms with E-state index in [0.29, 0.717) is 0 Å². The van der Waals surface area contributed by atoms with Gasteiger partial charge in [-0.05, 0) is 18.1 Å². The van der Waals surface area contributed by atoms with Crippen LogP contribution in [0.25, 0.3) is 0 Å². The van der Waals surface area contributed by atoms with Crippen LogP contribution in [0.5, 0.6) is 0 Å². The van der Waals surface area contributed by atoms with E-state index in [1.807, 2.05) is 0 Å². The number of hydrogen-bond donors (Lipinski definition) is 0. The van der Waals surface area contributed by atoms with Gasteiger partial charge in [-0.2, -0.15) is 0 Å². The molecule has 80 valence electrons. The van der Waals surface area contributed by atoms with Crippen molar-refractivity contribution in [3.63, 3.8) is 0 Å². The molecule has 0 fully saturated rings. The fourth-order valence-electron chi connectivity index (χ4n) is 0.574. The van der Waals surface area contributed by atoms with E-state index in [4.69, 9.17) is 0 Å². The predicted molar refractivity (Wildman–Crippen MR) is 56.3 cm³/mol. The van der Waals surface area contributed by atoms with E-state index in [2.05, 4.69) is 6.58 Å². The number of carbonyl (C=O) groups is 2. The van der Waals surface area contributed by atoms with E-state index < -0.39 is 11.9 Å². The second-order valence-corrected chi connectivity index (χ2v) is 2.72. The Hall–Kier alpha value is -0.840. The summed E-state index contributed by atoms with van der Waals surface area (Å²) in [6.45, 7) is 4.48. The molecule has 4 nitrogen and oxygen atoms in total. The van der Waals surface area contributed by atoms with Crippen molar-refractivity contribution in [1.82, 2.24) is 0 Å². The topological polar surface area (TPSA) is 80.3 Å². The summed E-state index contributed by atoms with van der Waals surface area (Å²) in [4.78, 5) is 19.6. The third-order valence-electron chi connectivity index (χ3n) is 1.36. The molecule has 0 bridgehead atoms. The minimum Gasteiger partial charge on any atom is -0.545 e. The summed E-state index contributed by atoms with van der Waals surface area (Å²) in [5, 5.41) is 19.6. The molecule has 5 heteroatoms. The summed E-state index contributed by atoms with van der Waals surface area (Å²) in [7, 11) is 0. The Kier molecular flexibility index (Phi) is 10.3. The molecule has 1 rings (SSSR count). The van der Waals surface area contributed by atoms with Crippen molar-refractivity contribution in [3.8, 4) is 0 Å². The first-order valence-corrected chi connectivity index (χ1v) is 4.08. The van der Waals surface area contributed by atoms with Gasteiger partial charge in [-0.25, -0.2) is 0 Å². The summed E-state index contributed by atoms with van der Waals surface area (Å²) >= 11 is 0. The van der Waals surface area contributed by atoms with Gasteiger partial charge in [0, 0.05) is 0 Å². The van der Waals surface area contributed by atoms with Crippen molar-refractivity contribution in [2.45, 2.75) is 6.92 Å². The van der Waals surface area contributed by atoms with Gasteiger partial charge in [0.05, 0.1) is 11.9 Å². The van der Waals surface area contributed by atoms with Gasteiger partial charge < -0.3 is 19.8 Å². The maximum Gasteiger partial charge on any atom is 2.00 e. The molecule has 0 atom stereocenters. The van der Waals surface area contributed by atoms with Gasteiger partial charge in [0.1, 0.15) is 0 Å². The molecule has 0 aliphatic heterocycles. The number of benzene rings is 1. The predicted octanol–water partition coefficient (Wildman–Crippen LogP) is -1.02. The fourth-order valence-corrected chi connectivity index (χ4v) is 0.574. The zero-order valence-corrected chi connectivity index (χ0v) is 11.1. The third kappa shape index (κ3) is 8.47. The van der Waals surface area contributed by atoms with Crippen LogP contribution in [-0.4, -0.2) is 49.7 Å². The van der Waals surface area contributed by atoms with Crippen LogP contribution in [0.2, 0.25) is 0 Å². The van der Waals surface area contributed by atoms with E-state index in [0.717, 1.165) is 0 Å². The molecule has 0 spiro atoms. The van der Waals surface area contributed by atoms with Gasteiger partial charge in [-0.15, -0.1) is 0 Å². The van der Waals surface area contributed by atoms with E-state index in [1.165, 1.54) is 19.1 Å². The normalized spacial score (nSPS) is 7.81. The van der Waals surface area contributed by atoms with Crippen LogP contribution in [0.1, 0.15) is 17.3 Å². The maximum atomic E-state index is 10.1. The Morgan fingerprint density at radius 1 is 1.12 bits per heavy atom. The second-order valence-electron chi connectivity index (χ2n) is 2.72. The van der Waals surface area contributed by atoms with Gasteiger partial charge in [0.15, 0.2) is 0 Å². The SMILES string of the molecule is C=C(C)C(=O)[O-].O=C([O-])c1ccccc1.[Ca+2]. The second kappa shape index (κ2) is 9.39. The third-order valence-corrected chi connectivity index (χ3v) is 1.36. The number of aliphatic carboxylic acids is 1. The van der Waals surface area contributed by atoms with Crippen LogP contribution >= 0.6 is 0 Å². The summed E-state index contributed by atoms with van der Waals surface area (Å²) in [5.74, 6) is -2.31. The van der Waals surface area contributed by atoms with Crippen LogP contribution in [0, 0.1) is 0 Å². The van der Waals surface area contributed by atoms with Crippen molar-refractivity contribution in [2.24, 2.45) is 0 Å². The van der Waals surface area contributed by atoms with Crippen molar-refractivity contribution >= 4 is 49.7 Å². The number of aromatic carboxylic acids is 1. The monoisotopic (exact) mass is 246 g/mol. The molecule has 16 heavy (non-hydrogen) atoms. The molecular formula is C11H10CaO4. The smallest absolute Gasteiger partial charge is 0.545 e. The van der Waals surface area contributed by atoms with E-state index in [-0.39, 0.29) is 48.9 Å². The first-order chi connectivity index (χ1) is 6.95. The average molecular weight is 246 g/mol. The zero-order chi connectivity index (χ0) is 11.8. The molecule has 0 aliphatic rings. The Bertz CT molecular complexity index is 348. The summed E-state index contributed by atoms with van der Waals surface area (Å²) < 4.78 is 0. The molecule has 1 aromatic rings. The molecular weight excluding hydrogens is 236 g/mol. The maximum absolute atomic E-state index is 10.1. The van der Waals surface area contributed by atoms with Crippen LogP contribution in [-0.2, 0) is 4.79 Å². The van der Waals surface area contributed by atoms with Crippen molar-refractivity contribution in [3.05, 3.63) is 48.0 Å². The molecule has 0 aliphatic carbocycles. The van der Waals surface area contributed by atoms with Gasteiger partial charge in [0.25, 0.3) is 0 Å². The van der Waals surface area contributed by atoms with Gasteiger partial charge >= 0.3 is 37.7 Å². The van der Waals surface area contributed by atoms with Gasteiger partial charge in [-0.1, -0.05) is 36.9 Å². The largest absolute Gasteiger partial charge is 2.00 e. The zero-order valence-electron chi connectivity index (χ0n) is 8.93. The number of hydrogen-bond acceptors (Lipinski definition) is 4. The van der Waals surface area contributed by atoms with Gasteiger partial charge in [0.2, 0.25) is 0 Å². The standard InChI is InChI=1S/C7H6O2.C4H6O2.Ca/c8-7(9)6-4-2-1-3-5-6;1-3(2)4(5)6;/h1-5H,(H,8,9);1H2,2H3,(H,5,6);/q;;+2/p-2. The molecule has 0 aromatic heterocycles. The molecule has 0 saturated carbocycles. The molecule has 0 saturated heterocycles.